The van der Waals surface area contributed by atoms with Crippen molar-refractivity contribution in [1.82, 2.24) is 0 Å². The van der Waals surface area contributed by atoms with Gasteiger partial charge in [0, 0.05) is 10.6 Å². The number of hydrogen-bond acceptors (Lipinski definition) is 4. The molecule has 3 N–H and O–H groups in total. The Morgan fingerprint density at radius 3 is 2.67 bits per heavy atom. The fraction of sp³-hybridized carbons (Fsp3) is 0.455. The Labute approximate surface area is 93.8 Å². The Morgan fingerprint density at radius 1 is 1.33 bits per heavy atom. The van der Waals surface area contributed by atoms with Crippen LogP contribution in [-0.4, -0.2) is 33.8 Å². The van der Waals surface area contributed by atoms with Gasteiger partial charge < -0.3 is 15.3 Å². The zero-order valence-electron chi connectivity index (χ0n) is 8.63. The lowest BCUT2D eigenvalue weighted by Crippen LogP contribution is -2.14. The maximum atomic E-state index is 9.37. The molecule has 0 saturated heterocycles. The molecule has 0 aliphatic heterocycles. The van der Waals surface area contributed by atoms with Crippen LogP contribution in [0.15, 0.2) is 29.2 Å². The molecular formula is C11H16O3S. The largest absolute Gasteiger partial charge is 0.394 e. The van der Waals surface area contributed by atoms with E-state index in [2.05, 4.69) is 0 Å². The van der Waals surface area contributed by atoms with E-state index in [4.69, 9.17) is 5.11 Å². The molecule has 0 aliphatic carbocycles. The van der Waals surface area contributed by atoms with E-state index >= 15 is 0 Å². The van der Waals surface area contributed by atoms with Crippen molar-refractivity contribution in [2.45, 2.75) is 24.0 Å². The van der Waals surface area contributed by atoms with Gasteiger partial charge in [0.1, 0.15) is 0 Å². The second-order valence-electron chi connectivity index (χ2n) is 3.40. The average molecular weight is 228 g/mol. The molecule has 0 bridgehead atoms. The number of aliphatic hydroxyl groups is 3. The first-order chi connectivity index (χ1) is 7.13. The van der Waals surface area contributed by atoms with Crippen LogP contribution in [0.5, 0.6) is 0 Å². The van der Waals surface area contributed by atoms with Gasteiger partial charge in [0.15, 0.2) is 0 Å². The number of benzene rings is 1. The van der Waals surface area contributed by atoms with E-state index in [1.54, 1.807) is 6.92 Å². The molecule has 0 spiro atoms. The molecule has 84 valence electrons. The van der Waals surface area contributed by atoms with Crippen molar-refractivity contribution in [2.75, 3.05) is 12.4 Å². The van der Waals surface area contributed by atoms with Gasteiger partial charge in [-0.15, -0.1) is 11.8 Å². The van der Waals surface area contributed by atoms with Crippen LogP contribution in [0.1, 0.15) is 18.6 Å². The number of rotatable bonds is 5. The Morgan fingerprint density at radius 2 is 2.07 bits per heavy atom. The van der Waals surface area contributed by atoms with Crippen molar-refractivity contribution in [2.24, 2.45) is 0 Å². The van der Waals surface area contributed by atoms with Gasteiger partial charge in [0.05, 0.1) is 18.8 Å². The second kappa shape index (κ2) is 6.12. The summed E-state index contributed by atoms with van der Waals surface area (Å²) in [6.07, 6.45) is -1.17. The molecule has 0 fully saturated rings. The summed E-state index contributed by atoms with van der Waals surface area (Å²) in [5, 5.41) is 27.2. The third-order valence-corrected chi connectivity index (χ3v) is 3.13. The van der Waals surface area contributed by atoms with E-state index in [1.807, 2.05) is 24.3 Å². The molecule has 0 heterocycles. The average Bonchev–Trinajstić information content (AvgIpc) is 2.26. The van der Waals surface area contributed by atoms with Crippen LogP contribution in [0, 0.1) is 0 Å². The molecule has 0 aromatic heterocycles. The van der Waals surface area contributed by atoms with E-state index in [0.29, 0.717) is 5.75 Å². The summed E-state index contributed by atoms with van der Waals surface area (Å²) in [6.45, 7) is 1.50. The van der Waals surface area contributed by atoms with E-state index in [0.717, 1.165) is 10.5 Å². The maximum Gasteiger partial charge on any atom is 0.0864 e. The standard InChI is InChI=1S/C11H16O3S/c1-8(13)9-3-2-4-11(5-9)15-7-10(14)6-12/h2-5,8,10,12-14H,6-7H2,1H3. The molecule has 2 atom stereocenters. The lowest BCUT2D eigenvalue weighted by molar-refractivity contribution is 0.113. The van der Waals surface area contributed by atoms with Crippen molar-refractivity contribution in [3.63, 3.8) is 0 Å². The van der Waals surface area contributed by atoms with Crippen LogP contribution in [0.2, 0.25) is 0 Å². The van der Waals surface area contributed by atoms with Crippen LogP contribution in [0.3, 0.4) is 0 Å². The quantitative estimate of drug-likeness (QED) is 0.662. The maximum absolute atomic E-state index is 9.37. The van der Waals surface area contributed by atoms with Crippen LogP contribution < -0.4 is 0 Å². The Hall–Kier alpha value is -0.550. The van der Waals surface area contributed by atoms with Gasteiger partial charge in [0.25, 0.3) is 0 Å². The van der Waals surface area contributed by atoms with Crippen molar-refractivity contribution in [3.05, 3.63) is 29.8 Å². The van der Waals surface area contributed by atoms with Crippen molar-refractivity contribution < 1.29 is 15.3 Å². The van der Waals surface area contributed by atoms with Crippen LogP contribution in [0.25, 0.3) is 0 Å². The van der Waals surface area contributed by atoms with Crippen molar-refractivity contribution >= 4 is 11.8 Å². The zero-order chi connectivity index (χ0) is 11.3. The number of hydrogen-bond donors (Lipinski definition) is 3. The minimum atomic E-state index is -0.690. The van der Waals surface area contributed by atoms with Crippen LogP contribution >= 0.6 is 11.8 Å². The highest BCUT2D eigenvalue weighted by Crippen LogP contribution is 2.22. The third-order valence-electron chi connectivity index (χ3n) is 1.99. The Kier molecular flexibility index (Phi) is 5.11. The van der Waals surface area contributed by atoms with Gasteiger partial charge in [-0.2, -0.15) is 0 Å². The summed E-state index contributed by atoms with van der Waals surface area (Å²) >= 11 is 1.46. The number of thioether (sulfide) groups is 1. The fourth-order valence-electron chi connectivity index (χ4n) is 1.11. The normalized spacial score (nSPS) is 14.9. The monoisotopic (exact) mass is 228 g/mol. The smallest absolute Gasteiger partial charge is 0.0864 e. The molecule has 3 nitrogen and oxygen atoms in total. The molecule has 1 aromatic rings. The van der Waals surface area contributed by atoms with E-state index in [1.165, 1.54) is 11.8 Å². The molecule has 1 aromatic carbocycles. The SMILES string of the molecule is CC(O)c1cccc(SCC(O)CO)c1. The van der Waals surface area contributed by atoms with E-state index in [-0.39, 0.29) is 6.61 Å². The van der Waals surface area contributed by atoms with Crippen LogP contribution in [0.4, 0.5) is 0 Å². The number of aliphatic hydroxyl groups excluding tert-OH is 3. The molecule has 0 aliphatic rings. The molecular weight excluding hydrogens is 212 g/mol. The summed E-state index contributed by atoms with van der Waals surface area (Å²) in [4.78, 5) is 0.987. The molecule has 0 saturated carbocycles. The highest BCUT2D eigenvalue weighted by Gasteiger charge is 2.05. The van der Waals surface area contributed by atoms with Gasteiger partial charge >= 0.3 is 0 Å². The molecule has 2 unspecified atom stereocenters. The third kappa shape index (κ3) is 4.22. The Balaban J connectivity index is 2.58. The predicted molar refractivity (Wildman–Crippen MR) is 60.9 cm³/mol. The van der Waals surface area contributed by atoms with Crippen molar-refractivity contribution in [1.29, 1.82) is 0 Å². The summed E-state index contributed by atoms with van der Waals surface area (Å²) < 4.78 is 0. The zero-order valence-corrected chi connectivity index (χ0v) is 9.44. The lowest BCUT2D eigenvalue weighted by Gasteiger charge is -2.09. The van der Waals surface area contributed by atoms with Gasteiger partial charge in [-0.3, -0.25) is 0 Å². The molecule has 4 heteroatoms. The molecule has 0 radical (unpaired) electrons. The summed E-state index contributed by atoms with van der Waals surface area (Å²) in [6, 6.07) is 7.53. The topological polar surface area (TPSA) is 60.7 Å². The van der Waals surface area contributed by atoms with E-state index < -0.39 is 12.2 Å². The first kappa shape index (κ1) is 12.5. The molecule has 1 rings (SSSR count). The molecule has 15 heavy (non-hydrogen) atoms. The minimum absolute atomic E-state index is 0.219. The predicted octanol–water partition coefficient (Wildman–Crippen LogP) is 1.19. The first-order valence-corrected chi connectivity index (χ1v) is 5.81. The van der Waals surface area contributed by atoms with Gasteiger partial charge in [-0.05, 0) is 24.6 Å². The fourth-order valence-corrected chi connectivity index (χ4v) is 1.99. The first-order valence-electron chi connectivity index (χ1n) is 4.83. The lowest BCUT2D eigenvalue weighted by atomic mass is 10.1. The second-order valence-corrected chi connectivity index (χ2v) is 4.49. The highest BCUT2D eigenvalue weighted by molar-refractivity contribution is 7.99. The van der Waals surface area contributed by atoms with Crippen LogP contribution in [-0.2, 0) is 0 Å². The molecule has 0 amide bonds. The van der Waals surface area contributed by atoms with Crippen molar-refractivity contribution in [3.8, 4) is 0 Å². The van der Waals surface area contributed by atoms with Gasteiger partial charge in [-0.25, -0.2) is 0 Å². The highest BCUT2D eigenvalue weighted by atomic mass is 32.2. The van der Waals surface area contributed by atoms with E-state index in [9.17, 15) is 10.2 Å². The summed E-state index contributed by atoms with van der Waals surface area (Å²) in [7, 11) is 0. The van der Waals surface area contributed by atoms with Gasteiger partial charge in [-0.1, -0.05) is 12.1 Å². The summed E-state index contributed by atoms with van der Waals surface area (Å²) in [5.41, 5.74) is 0.860. The Bertz CT molecular complexity index is 302. The summed E-state index contributed by atoms with van der Waals surface area (Å²) in [5.74, 6) is 0.458. The minimum Gasteiger partial charge on any atom is -0.394 e. The van der Waals surface area contributed by atoms with Gasteiger partial charge in [0.2, 0.25) is 0 Å².